The Kier molecular flexibility index (Phi) is 4.79. The number of piperidine rings is 1. The number of hydrogen-bond acceptors (Lipinski definition) is 2. The van der Waals surface area contributed by atoms with Crippen LogP contribution in [0.1, 0.15) is 44.7 Å². The predicted molar refractivity (Wildman–Crippen MR) is 75.5 cm³/mol. The van der Waals surface area contributed by atoms with Gasteiger partial charge in [-0.3, -0.25) is 4.90 Å². The summed E-state index contributed by atoms with van der Waals surface area (Å²) >= 11 is 0. The van der Waals surface area contributed by atoms with Crippen LogP contribution in [0.5, 0.6) is 0 Å². The van der Waals surface area contributed by atoms with Gasteiger partial charge >= 0.3 is 0 Å². The molecule has 18 heavy (non-hydrogen) atoms. The molecule has 1 aliphatic rings. The highest BCUT2D eigenvalue weighted by Gasteiger charge is 2.30. The standard InChI is InChI=1S/C16H25NO/c1-13(12-18)16-10-6-7-11-17(16)14(2)15-8-4-3-5-9-15/h3-5,8-9,13-14,16,18H,6-7,10-12H2,1-2H3/t13-,14-,16+/m1/s1. The molecule has 1 aromatic rings. The van der Waals surface area contributed by atoms with Crippen LogP contribution in [-0.4, -0.2) is 29.2 Å². The van der Waals surface area contributed by atoms with Gasteiger partial charge in [0.15, 0.2) is 0 Å². The van der Waals surface area contributed by atoms with E-state index >= 15 is 0 Å². The second-order valence-electron chi connectivity index (χ2n) is 5.55. The maximum absolute atomic E-state index is 9.43. The van der Waals surface area contributed by atoms with E-state index < -0.39 is 0 Å². The molecule has 1 aromatic carbocycles. The Labute approximate surface area is 111 Å². The highest BCUT2D eigenvalue weighted by atomic mass is 16.3. The van der Waals surface area contributed by atoms with E-state index in [4.69, 9.17) is 0 Å². The SMILES string of the molecule is C[C@H](CO)[C@@H]1CCCCN1[C@H](C)c1ccccc1. The molecule has 0 saturated carbocycles. The number of hydrogen-bond donors (Lipinski definition) is 1. The summed E-state index contributed by atoms with van der Waals surface area (Å²) in [4.78, 5) is 2.58. The Hall–Kier alpha value is -0.860. The average Bonchev–Trinajstić information content (AvgIpc) is 2.46. The topological polar surface area (TPSA) is 23.5 Å². The van der Waals surface area contributed by atoms with Gasteiger partial charge in [-0.05, 0) is 37.8 Å². The van der Waals surface area contributed by atoms with Crippen LogP contribution in [0, 0.1) is 5.92 Å². The number of benzene rings is 1. The molecule has 0 spiro atoms. The first-order chi connectivity index (χ1) is 8.74. The third-order valence-electron chi connectivity index (χ3n) is 4.32. The van der Waals surface area contributed by atoms with Crippen LogP contribution in [0.25, 0.3) is 0 Å². The van der Waals surface area contributed by atoms with Gasteiger partial charge in [0.1, 0.15) is 0 Å². The Morgan fingerprint density at radius 3 is 2.61 bits per heavy atom. The van der Waals surface area contributed by atoms with E-state index in [2.05, 4.69) is 49.1 Å². The number of aliphatic hydroxyl groups excluding tert-OH is 1. The van der Waals surface area contributed by atoms with Gasteiger partial charge in [0, 0.05) is 18.7 Å². The molecule has 1 N–H and O–H groups in total. The van der Waals surface area contributed by atoms with E-state index in [1.165, 1.54) is 24.8 Å². The summed E-state index contributed by atoms with van der Waals surface area (Å²) in [5.41, 5.74) is 1.38. The normalized spacial score (nSPS) is 24.7. The molecule has 2 heteroatoms. The summed E-state index contributed by atoms with van der Waals surface area (Å²) in [6.45, 7) is 5.91. The molecule has 1 saturated heterocycles. The molecular formula is C16H25NO. The summed E-state index contributed by atoms with van der Waals surface area (Å²) < 4.78 is 0. The summed E-state index contributed by atoms with van der Waals surface area (Å²) in [6, 6.07) is 11.7. The molecule has 1 fully saturated rings. The Balaban J connectivity index is 2.13. The molecule has 2 nitrogen and oxygen atoms in total. The third-order valence-corrected chi connectivity index (χ3v) is 4.32. The summed E-state index contributed by atoms with van der Waals surface area (Å²) in [5.74, 6) is 0.372. The number of rotatable bonds is 4. The van der Waals surface area contributed by atoms with Crippen molar-refractivity contribution in [3.8, 4) is 0 Å². The van der Waals surface area contributed by atoms with Crippen molar-refractivity contribution in [2.24, 2.45) is 5.92 Å². The lowest BCUT2D eigenvalue weighted by Crippen LogP contribution is -2.45. The molecule has 100 valence electrons. The highest BCUT2D eigenvalue weighted by molar-refractivity contribution is 5.18. The van der Waals surface area contributed by atoms with Crippen molar-refractivity contribution in [2.75, 3.05) is 13.2 Å². The molecule has 3 atom stereocenters. The zero-order valence-electron chi connectivity index (χ0n) is 11.5. The first-order valence-electron chi connectivity index (χ1n) is 7.15. The van der Waals surface area contributed by atoms with Crippen LogP contribution in [0.15, 0.2) is 30.3 Å². The minimum Gasteiger partial charge on any atom is -0.396 e. The van der Waals surface area contributed by atoms with Crippen molar-refractivity contribution in [1.29, 1.82) is 0 Å². The molecule has 0 amide bonds. The van der Waals surface area contributed by atoms with Gasteiger partial charge in [-0.2, -0.15) is 0 Å². The van der Waals surface area contributed by atoms with E-state index in [1.54, 1.807) is 0 Å². The number of nitrogens with zero attached hydrogens (tertiary/aromatic N) is 1. The van der Waals surface area contributed by atoms with E-state index in [1.807, 2.05) is 0 Å². The molecule has 0 aliphatic carbocycles. The smallest absolute Gasteiger partial charge is 0.0471 e. The summed E-state index contributed by atoms with van der Waals surface area (Å²) in [5, 5.41) is 9.43. The van der Waals surface area contributed by atoms with Crippen LogP contribution in [0.4, 0.5) is 0 Å². The van der Waals surface area contributed by atoms with Gasteiger partial charge in [0.05, 0.1) is 0 Å². The second-order valence-corrected chi connectivity index (χ2v) is 5.55. The quantitative estimate of drug-likeness (QED) is 0.883. The first kappa shape index (κ1) is 13.6. The Morgan fingerprint density at radius 1 is 1.22 bits per heavy atom. The van der Waals surface area contributed by atoms with Crippen molar-refractivity contribution in [3.05, 3.63) is 35.9 Å². The van der Waals surface area contributed by atoms with Crippen LogP contribution in [-0.2, 0) is 0 Å². The predicted octanol–water partition coefficient (Wildman–Crippen LogP) is 3.23. The van der Waals surface area contributed by atoms with Crippen LogP contribution < -0.4 is 0 Å². The molecule has 0 aromatic heterocycles. The van der Waals surface area contributed by atoms with E-state index in [-0.39, 0.29) is 0 Å². The molecule has 1 heterocycles. The number of aliphatic hydroxyl groups is 1. The van der Waals surface area contributed by atoms with Crippen molar-refractivity contribution in [1.82, 2.24) is 4.90 Å². The van der Waals surface area contributed by atoms with E-state index in [9.17, 15) is 5.11 Å². The van der Waals surface area contributed by atoms with Gasteiger partial charge in [-0.15, -0.1) is 0 Å². The zero-order chi connectivity index (χ0) is 13.0. The molecule has 0 bridgehead atoms. The molecule has 0 unspecified atom stereocenters. The lowest BCUT2D eigenvalue weighted by atomic mass is 9.89. The van der Waals surface area contributed by atoms with Crippen LogP contribution in [0.2, 0.25) is 0 Å². The summed E-state index contributed by atoms with van der Waals surface area (Å²) in [7, 11) is 0. The molecule has 0 radical (unpaired) electrons. The summed E-state index contributed by atoms with van der Waals surface area (Å²) in [6.07, 6.45) is 3.80. The van der Waals surface area contributed by atoms with Gasteiger partial charge < -0.3 is 5.11 Å². The van der Waals surface area contributed by atoms with Crippen LogP contribution in [0.3, 0.4) is 0 Å². The van der Waals surface area contributed by atoms with Gasteiger partial charge in [-0.1, -0.05) is 43.7 Å². The molecule has 1 aliphatic heterocycles. The minimum atomic E-state index is 0.294. The maximum atomic E-state index is 9.43. The largest absolute Gasteiger partial charge is 0.396 e. The highest BCUT2D eigenvalue weighted by Crippen LogP contribution is 2.31. The minimum absolute atomic E-state index is 0.294. The Morgan fingerprint density at radius 2 is 1.94 bits per heavy atom. The molecular weight excluding hydrogens is 222 g/mol. The van der Waals surface area contributed by atoms with E-state index in [0.29, 0.717) is 24.6 Å². The Bertz CT molecular complexity index is 351. The monoisotopic (exact) mass is 247 g/mol. The fourth-order valence-electron chi connectivity index (χ4n) is 3.12. The average molecular weight is 247 g/mol. The first-order valence-corrected chi connectivity index (χ1v) is 7.15. The van der Waals surface area contributed by atoms with Gasteiger partial charge in [0.2, 0.25) is 0 Å². The van der Waals surface area contributed by atoms with Gasteiger partial charge in [0.25, 0.3) is 0 Å². The van der Waals surface area contributed by atoms with Crippen LogP contribution >= 0.6 is 0 Å². The van der Waals surface area contributed by atoms with Gasteiger partial charge in [-0.25, -0.2) is 0 Å². The zero-order valence-corrected chi connectivity index (χ0v) is 11.5. The maximum Gasteiger partial charge on any atom is 0.0471 e. The number of likely N-dealkylation sites (tertiary alicyclic amines) is 1. The lowest BCUT2D eigenvalue weighted by Gasteiger charge is -2.42. The van der Waals surface area contributed by atoms with E-state index in [0.717, 1.165) is 6.54 Å². The van der Waals surface area contributed by atoms with Crippen molar-refractivity contribution >= 4 is 0 Å². The fourth-order valence-corrected chi connectivity index (χ4v) is 3.12. The second kappa shape index (κ2) is 6.35. The third kappa shape index (κ3) is 2.93. The fraction of sp³-hybridized carbons (Fsp3) is 0.625. The lowest BCUT2D eigenvalue weighted by molar-refractivity contribution is 0.0458. The molecule has 2 rings (SSSR count). The van der Waals surface area contributed by atoms with Crippen molar-refractivity contribution in [2.45, 2.75) is 45.2 Å². The van der Waals surface area contributed by atoms with Crippen molar-refractivity contribution < 1.29 is 5.11 Å². The van der Waals surface area contributed by atoms with Crippen molar-refractivity contribution in [3.63, 3.8) is 0 Å².